The van der Waals surface area contributed by atoms with E-state index in [0.717, 1.165) is 39.6 Å². The summed E-state index contributed by atoms with van der Waals surface area (Å²) in [5.41, 5.74) is 5.39. The van der Waals surface area contributed by atoms with Crippen LogP contribution in [0.25, 0.3) is 6.08 Å². The largest absolute Gasteiger partial charge is 0.462 e. The van der Waals surface area contributed by atoms with Crippen molar-refractivity contribution < 1.29 is 23.9 Å². The van der Waals surface area contributed by atoms with E-state index >= 15 is 0 Å². The average Bonchev–Trinajstić information content (AvgIpc) is 3.55. The maximum atomic E-state index is 13.9. The number of aryl methyl sites for hydroxylation is 1. The predicted octanol–water partition coefficient (Wildman–Crippen LogP) is 8.71. The van der Waals surface area contributed by atoms with Crippen molar-refractivity contribution >= 4 is 63.6 Å². The standard InChI is InChI=1S/C44H44N4O5S2/c1-4-37(42(51)47-43-39(44(52)53-5-2)35-23-24-48(28-38(35)55-43)27-30-16-8-6-9-17-30)54-34-22-14-21-33(26-34)45-41(50)36(25-32-20-13-12-15-29(32)3)46-40(49)31-18-10-7-11-19-31/h6-22,25-26,37H,4-5,23-24,27-28H2,1-3H3,(H,45,50)(H,46,49)(H,47,51)/b36-25-. The second-order valence-electron chi connectivity index (χ2n) is 13.1. The van der Waals surface area contributed by atoms with Crippen LogP contribution in [0, 0.1) is 6.92 Å². The Hall–Kier alpha value is -5.49. The number of ether oxygens (including phenoxy) is 1. The van der Waals surface area contributed by atoms with Gasteiger partial charge in [-0.15, -0.1) is 23.1 Å². The van der Waals surface area contributed by atoms with Crippen molar-refractivity contribution in [2.75, 3.05) is 23.8 Å². The third-order valence-electron chi connectivity index (χ3n) is 9.15. The van der Waals surface area contributed by atoms with E-state index in [9.17, 15) is 19.2 Å². The molecule has 0 radical (unpaired) electrons. The maximum Gasteiger partial charge on any atom is 0.341 e. The maximum absolute atomic E-state index is 13.9. The van der Waals surface area contributed by atoms with Gasteiger partial charge in [0.2, 0.25) is 5.91 Å². The Morgan fingerprint density at radius 3 is 2.35 bits per heavy atom. The summed E-state index contributed by atoms with van der Waals surface area (Å²) < 4.78 is 5.46. The van der Waals surface area contributed by atoms with Crippen molar-refractivity contribution in [2.24, 2.45) is 0 Å². The molecule has 6 rings (SSSR count). The van der Waals surface area contributed by atoms with Crippen LogP contribution in [0.15, 0.2) is 120 Å². The Morgan fingerprint density at radius 2 is 1.62 bits per heavy atom. The minimum Gasteiger partial charge on any atom is -0.462 e. The normalized spacial score (nSPS) is 13.3. The quantitative estimate of drug-likeness (QED) is 0.0588. The van der Waals surface area contributed by atoms with Crippen molar-refractivity contribution in [1.29, 1.82) is 0 Å². The number of carbonyl (C=O) groups excluding carboxylic acids is 4. The fourth-order valence-corrected chi connectivity index (χ4v) is 8.61. The summed E-state index contributed by atoms with van der Waals surface area (Å²) in [6, 6.07) is 33.9. The molecule has 55 heavy (non-hydrogen) atoms. The third-order valence-corrected chi connectivity index (χ3v) is 11.6. The Labute approximate surface area is 330 Å². The molecule has 11 heteroatoms. The van der Waals surface area contributed by atoms with Crippen LogP contribution in [0.3, 0.4) is 0 Å². The second-order valence-corrected chi connectivity index (χ2v) is 15.5. The fraction of sp³-hybridized carbons (Fsp3) is 0.227. The van der Waals surface area contributed by atoms with Crippen LogP contribution >= 0.6 is 23.1 Å². The van der Waals surface area contributed by atoms with Crippen LogP contribution < -0.4 is 16.0 Å². The van der Waals surface area contributed by atoms with Crippen molar-refractivity contribution in [3.63, 3.8) is 0 Å². The lowest BCUT2D eigenvalue weighted by molar-refractivity contribution is -0.116. The van der Waals surface area contributed by atoms with Gasteiger partial charge in [-0.05, 0) is 85.4 Å². The zero-order valence-corrected chi connectivity index (χ0v) is 32.7. The van der Waals surface area contributed by atoms with Gasteiger partial charge in [0.15, 0.2) is 0 Å². The van der Waals surface area contributed by atoms with Crippen LogP contribution in [-0.2, 0) is 33.8 Å². The number of hydrogen-bond acceptors (Lipinski definition) is 8. The third kappa shape index (κ3) is 10.2. The molecule has 1 aromatic heterocycles. The molecule has 1 atom stereocenters. The lowest BCUT2D eigenvalue weighted by atomic mass is 10.0. The van der Waals surface area contributed by atoms with Gasteiger partial charge >= 0.3 is 5.97 Å². The molecule has 0 saturated heterocycles. The SMILES string of the molecule is CCOC(=O)c1c(NC(=O)C(CC)Sc2cccc(NC(=O)/C(=C/c3ccccc3C)NC(=O)c3ccccc3)c2)sc2c1CCN(Cc1ccccc1)C2. The summed E-state index contributed by atoms with van der Waals surface area (Å²) >= 11 is 2.81. The molecule has 1 unspecified atom stereocenters. The van der Waals surface area contributed by atoms with Gasteiger partial charge in [0.1, 0.15) is 10.7 Å². The summed E-state index contributed by atoms with van der Waals surface area (Å²) in [6.45, 7) is 8.16. The molecule has 282 valence electrons. The fourth-order valence-electron chi connectivity index (χ4n) is 6.31. The molecular weight excluding hydrogens is 729 g/mol. The molecule has 4 aromatic carbocycles. The first-order valence-electron chi connectivity index (χ1n) is 18.3. The molecule has 1 aliphatic rings. The molecule has 0 aliphatic carbocycles. The van der Waals surface area contributed by atoms with Crippen molar-refractivity contribution in [1.82, 2.24) is 10.2 Å². The average molecular weight is 773 g/mol. The molecule has 9 nitrogen and oxygen atoms in total. The zero-order chi connectivity index (χ0) is 38.7. The Bertz CT molecular complexity index is 2180. The Morgan fingerprint density at radius 1 is 0.891 bits per heavy atom. The van der Waals surface area contributed by atoms with Crippen LogP contribution in [-0.4, -0.2) is 47.0 Å². The highest BCUT2D eigenvalue weighted by Gasteiger charge is 2.31. The molecule has 0 spiro atoms. The van der Waals surface area contributed by atoms with Crippen molar-refractivity contribution in [2.45, 2.75) is 56.8 Å². The van der Waals surface area contributed by atoms with Gasteiger partial charge in [-0.3, -0.25) is 19.3 Å². The molecule has 0 fully saturated rings. The van der Waals surface area contributed by atoms with Gasteiger partial charge in [0, 0.05) is 40.7 Å². The number of rotatable bonds is 14. The smallest absolute Gasteiger partial charge is 0.341 e. The van der Waals surface area contributed by atoms with Gasteiger partial charge in [0.05, 0.1) is 17.4 Å². The monoisotopic (exact) mass is 772 g/mol. The zero-order valence-electron chi connectivity index (χ0n) is 31.1. The number of amides is 3. The van der Waals surface area contributed by atoms with E-state index < -0.39 is 23.0 Å². The van der Waals surface area contributed by atoms with Gasteiger partial charge in [-0.1, -0.05) is 85.8 Å². The Balaban J connectivity index is 1.17. The highest BCUT2D eigenvalue weighted by molar-refractivity contribution is 8.00. The number of hydrogen-bond donors (Lipinski definition) is 3. The summed E-state index contributed by atoms with van der Waals surface area (Å²) in [4.78, 5) is 58.1. The minimum absolute atomic E-state index is 0.0891. The van der Waals surface area contributed by atoms with Gasteiger partial charge in [-0.25, -0.2) is 4.79 Å². The molecule has 5 aromatic rings. The number of nitrogens with one attached hydrogen (secondary N) is 3. The van der Waals surface area contributed by atoms with E-state index in [0.29, 0.717) is 41.2 Å². The van der Waals surface area contributed by atoms with Crippen molar-refractivity contribution in [3.05, 3.63) is 153 Å². The van der Waals surface area contributed by atoms with E-state index in [1.54, 1.807) is 49.4 Å². The number of carbonyl (C=O) groups is 4. The van der Waals surface area contributed by atoms with Crippen LogP contribution in [0.2, 0.25) is 0 Å². The Kier molecular flexibility index (Phi) is 13.3. The molecule has 2 heterocycles. The number of fused-ring (bicyclic) bond motifs is 1. The summed E-state index contributed by atoms with van der Waals surface area (Å²) in [5, 5.41) is 8.83. The van der Waals surface area contributed by atoms with E-state index in [2.05, 4.69) is 33.0 Å². The molecule has 3 amide bonds. The number of thiophene rings is 1. The number of benzene rings is 4. The van der Waals surface area contributed by atoms with Crippen molar-refractivity contribution in [3.8, 4) is 0 Å². The van der Waals surface area contributed by atoms with E-state index in [-0.39, 0.29) is 18.2 Å². The summed E-state index contributed by atoms with van der Waals surface area (Å²) in [6.07, 6.45) is 2.87. The molecule has 3 N–H and O–H groups in total. The molecule has 1 aliphatic heterocycles. The number of anilines is 2. The highest BCUT2D eigenvalue weighted by atomic mass is 32.2. The first kappa shape index (κ1) is 39.2. The molecule has 0 bridgehead atoms. The van der Waals surface area contributed by atoms with Crippen LogP contribution in [0.1, 0.15) is 68.1 Å². The van der Waals surface area contributed by atoms with E-state index in [1.165, 1.54) is 28.7 Å². The number of nitrogens with zero attached hydrogens (tertiary/aromatic N) is 1. The van der Waals surface area contributed by atoms with E-state index in [1.807, 2.05) is 74.5 Å². The lowest BCUT2D eigenvalue weighted by Crippen LogP contribution is -2.30. The van der Waals surface area contributed by atoms with Gasteiger partial charge in [0.25, 0.3) is 11.8 Å². The van der Waals surface area contributed by atoms with Crippen LogP contribution in [0.4, 0.5) is 10.7 Å². The number of thioether (sulfide) groups is 1. The first-order valence-corrected chi connectivity index (χ1v) is 20.0. The second kappa shape index (κ2) is 18.7. The number of esters is 1. The van der Waals surface area contributed by atoms with Gasteiger partial charge < -0.3 is 20.7 Å². The minimum atomic E-state index is -0.491. The van der Waals surface area contributed by atoms with E-state index in [4.69, 9.17) is 4.74 Å². The summed E-state index contributed by atoms with van der Waals surface area (Å²) in [5.74, 6) is -1.54. The van der Waals surface area contributed by atoms with Crippen LogP contribution in [0.5, 0.6) is 0 Å². The topological polar surface area (TPSA) is 117 Å². The molecule has 0 saturated carbocycles. The molecular formula is C44H44N4O5S2. The first-order chi connectivity index (χ1) is 26.7. The highest BCUT2D eigenvalue weighted by Crippen LogP contribution is 2.39. The predicted molar refractivity (Wildman–Crippen MR) is 221 cm³/mol. The van der Waals surface area contributed by atoms with Gasteiger partial charge in [-0.2, -0.15) is 0 Å². The lowest BCUT2D eigenvalue weighted by Gasteiger charge is -2.27. The summed E-state index contributed by atoms with van der Waals surface area (Å²) in [7, 11) is 0.